The second kappa shape index (κ2) is 5.91. The van der Waals surface area contributed by atoms with E-state index in [4.69, 9.17) is 0 Å². The molecule has 8 nitrogen and oxygen atoms in total. The van der Waals surface area contributed by atoms with Gasteiger partial charge in [-0.1, -0.05) is 12.6 Å². The van der Waals surface area contributed by atoms with Crippen molar-refractivity contribution < 1.29 is 4.79 Å². The zero-order valence-electron chi connectivity index (χ0n) is 15.3. The van der Waals surface area contributed by atoms with Crippen molar-refractivity contribution in [1.29, 1.82) is 0 Å². The summed E-state index contributed by atoms with van der Waals surface area (Å²) in [5.41, 5.74) is 3.67. The van der Waals surface area contributed by atoms with Crippen molar-refractivity contribution in [1.82, 2.24) is 29.2 Å². The van der Waals surface area contributed by atoms with E-state index in [1.807, 2.05) is 29.7 Å². The molecule has 0 saturated carbocycles. The molecule has 0 unspecified atom stereocenters. The van der Waals surface area contributed by atoms with E-state index in [0.29, 0.717) is 18.6 Å². The summed E-state index contributed by atoms with van der Waals surface area (Å²) in [4.78, 5) is 30.9. The zero-order chi connectivity index (χ0) is 19.4. The van der Waals surface area contributed by atoms with Gasteiger partial charge < -0.3 is 9.47 Å². The summed E-state index contributed by atoms with van der Waals surface area (Å²) in [6.07, 6.45) is 6.51. The molecule has 140 valence electrons. The number of benzene rings is 1. The summed E-state index contributed by atoms with van der Waals surface area (Å²) in [5.74, 6) is -0.0771. The SMILES string of the molecule is C=CC(=O)N1CC(n2cnc3c(=O)n(-c4c(C)ccc5[nH]ncc45)ccc32)C1. The van der Waals surface area contributed by atoms with Crippen LogP contribution in [-0.2, 0) is 4.79 Å². The number of aromatic nitrogens is 5. The van der Waals surface area contributed by atoms with Crippen LogP contribution in [0, 0.1) is 6.92 Å². The number of carbonyl (C=O) groups is 1. The van der Waals surface area contributed by atoms with Crippen LogP contribution in [-0.4, -0.2) is 48.2 Å². The molecule has 1 aliphatic heterocycles. The predicted molar refractivity (Wildman–Crippen MR) is 106 cm³/mol. The number of aryl methyl sites for hydroxylation is 1. The summed E-state index contributed by atoms with van der Waals surface area (Å²) in [7, 11) is 0. The number of hydrogen-bond acceptors (Lipinski definition) is 4. The molecule has 8 heteroatoms. The van der Waals surface area contributed by atoms with Gasteiger partial charge in [0.1, 0.15) is 0 Å². The van der Waals surface area contributed by atoms with Crippen LogP contribution >= 0.6 is 0 Å². The normalized spacial score (nSPS) is 14.5. The molecule has 1 N–H and O–H groups in total. The number of nitrogens with one attached hydrogen (secondary N) is 1. The van der Waals surface area contributed by atoms with Gasteiger partial charge >= 0.3 is 0 Å². The minimum Gasteiger partial charge on any atom is -0.335 e. The van der Waals surface area contributed by atoms with Crippen molar-refractivity contribution in [3.05, 3.63) is 65.5 Å². The van der Waals surface area contributed by atoms with Gasteiger partial charge in [0.2, 0.25) is 5.91 Å². The summed E-state index contributed by atoms with van der Waals surface area (Å²) < 4.78 is 3.60. The van der Waals surface area contributed by atoms with Gasteiger partial charge in [-0.05, 0) is 30.7 Å². The van der Waals surface area contributed by atoms with Crippen molar-refractivity contribution in [3.8, 4) is 5.69 Å². The Morgan fingerprint density at radius 2 is 2.14 bits per heavy atom. The first-order chi connectivity index (χ1) is 13.6. The van der Waals surface area contributed by atoms with E-state index in [-0.39, 0.29) is 17.5 Å². The van der Waals surface area contributed by atoms with Crippen LogP contribution < -0.4 is 5.56 Å². The van der Waals surface area contributed by atoms with E-state index < -0.39 is 0 Å². The van der Waals surface area contributed by atoms with Gasteiger partial charge in [0.25, 0.3) is 5.56 Å². The maximum atomic E-state index is 13.2. The van der Waals surface area contributed by atoms with E-state index in [2.05, 4.69) is 21.8 Å². The standard InChI is InChI=1S/C20H18N6O2/c1-3-17(27)24-9-13(10-24)26-11-21-18-16(26)6-7-25(20(18)28)19-12(2)4-5-15-14(19)8-22-23-15/h3-8,11,13H,1,9-10H2,2H3,(H,22,23). The monoisotopic (exact) mass is 374 g/mol. The highest BCUT2D eigenvalue weighted by molar-refractivity contribution is 5.89. The van der Waals surface area contributed by atoms with Crippen LogP contribution in [0.1, 0.15) is 11.6 Å². The third kappa shape index (κ3) is 2.24. The Hall–Kier alpha value is -3.68. The maximum absolute atomic E-state index is 13.2. The van der Waals surface area contributed by atoms with Crippen LogP contribution in [0.25, 0.3) is 27.6 Å². The Labute approximate surface area is 159 Å². The molecule has 1 saturated heterocycles. The lowest BCUT2D eigenvalue weighted by Crippen LogP contribution is -2.49. The third-order valence-corrected chi connectivity index (χ3v) is 5.42. The summed E-state index contributed by atoms with van der Waals surface area (Å²) in [6, 6.07) is 5.93. The van der Waals surface area contributed by atoms with Crippen LogP contribution in [0.2, 0.25) is 0 Å². The largest absolute Gasteiger partial charge is 0.335 e. The molecular formula is C20H18N6O2. The van der Waals surface area contributed by atoms with Crippen molar-refractivity contribution >= 4 is 27.8 Å². The number of likely N-dealkylation sites (tertiary alicyclic amines) is 1. The molecule has 0 aliphatic carbocycles. The lowest BCUT2D eigenvalue weighted by molar-refractivity contribution is -0.131. The first-order valence-electron chi connectivity index (χ1n) is 9.01. The van der Waals surface area contributed by atoms with Crippen molar-refractivity contribution in [2.75, 3.05) is 13.1 Å². The fourth-order valence-corrected chi connectivity index (χ4v) is 3.87. The Kier molecular flexibility index (Phi) is 3.48. The molecule has 4 aromatic rings. The maximum Gasteiger partial charge on any atom is 0.283 e. The molecule has 28 heavy (non-hydrogen) atoms. The molecule has 0 bridgehead atoms. The average molecular weight is 374 g/mol. The van der Waals surface area contributed by atoms with Crippen molar-refractivity contribution in [2.45, 2.75) is 13.0 Å². The van der Waals surface area contributed by atoms with E-state index >= 15 is 0 Å². The number of H-pyrrole nitrogens is 1. The summed E-state index contributed by atoms with van der Waals surface area (Å²) in [6.45, 7) is 6.66. The number of pyridine rings is 1. The highest BCUT2D eigenvalue weighted by Crippen LogP contribution is 2.27. The van der Waals surface area contributed by atoms with E-state index in [0.717, 1.165) is 27.7 Å². The topological polar surface area (TPSA) is 88.8 Å². The molecule has 1 amide bonds. The number of carbonyl (C=O) groups excluding carboxylic acids is 1. The average Bonchev–Trinajstić information content (AvgIpc) is 3.29. The number of amides is 1. The van der Waals surface area contributed by atoms with Gasteiger partial charge in [-0.2, -0.15) is 5.10 Å². The number of hydrogen-bond donors (Lipinski definition) is 1. The number of aromatic amines is 1. The fourth-order valence-electron chi connectivity index (χ4n) is 3.87. The lowest BCUT2D eigenvalue weighted by atomic mass is 10.1. The molecule has 0 radical (unpaired) electrons. The number of nitrogens with zero attached hydrogens (tertiary/aromatic N) is 5. The zero-order valence-corrected chi connectivity index (χ0v) is 15.3. The Morgan fingerprint density at radius 3 is 2.93 bits per heavy atom. The fraction of sp³-hybridized carbons (Fsp3) is 0.200. The first kappa shape index (κ1) is 16.5. The van der Waals surface area contributed by atoms with Gasteiger partial charge in [0.15, 0.2) is 5.52 Å². The Morgan fingerprint density at radius 1 is 1.32 bits per heavy atom. The summed E-state index contributed by atoms with van der Waals surface area (Å²) in [5, 5.41) is 7.92. The minimum absolute atomic E-state index is 0.0771. The van der Waals surface area contributed by atoms with E-state index in [1.165, 1.54) is 6.08 Å². The molecular weight excluding hydrogens is 356 g/mol. The van der Waals surface area contributed by atoms with Crippen LogP contribution in [0.3, 0.4) is 0 Å². The number of rotatable bonds is 3. The van der Waals surface area contributed by atoms with Gasteiger partial charge in [-0.15, -0.1) is 0 Å². The predicted octanol–water partition coefficient (Wildman–Crippen LogP) is 1.94. The summed E-state index contributed by atoms with van der Waals surface area (Å²) >= 11 is 0. The van der Waals surface area contributed by atoms with E-state index in [1.54, 1.807) is 28.2 Å². The molecule has 3 aromatic heterocycles. The van der Waals surface area contributed by atoms with Crippen LogP contribution in [0.5, 0.6) is 0 Å². The van der Waals surface area contributed by atoms with Gasteiger partial charge in [0, 0.05) is 24.7 Å². The number of imidazole rings is 1. The molecule has 1 aliphatic rings. The van der Waals surface area contributed by atoms with Gasteiger partial charge in [0.05, 0.1) is 35.3 Å². The highest BCUT2D eigenvalue weighted by Gasteiger charge is 2.31. The Balaban J connectivity index is 1.59. The first-order valence-corrected chi connectivity index (χ1v) is 9.01. The Bertz CT molecular complexity index is 1310. The molecule has 1 fully saturated rings. The third-order valence-electron chi connectivity index (χ3n) is 5.42. The van der Waals surface area contributed by atoms with Crippen molar-refractivity contribution in [2.24, 2.45) is 0 Å². The molecule has 1 aromatic carbocycles. The highest BCUT2D eigenvalue weighted by atomic mass is 16.2. The molecule has 4 heterocycles. The van der Waals surface area contributed by atoms with Crippen LogP contribution in [0.15, 0.2) is 54.4 Å². The van der Waals surface area contributed by atoms with Gasteiger partial charge in [-0.3, -0.25) is 19.3 Å². The van der Waals surface area contributed by atoms with Crippen LogP contribution in [0.4, 0.5) is 0 Å². The smallest absolute Gasteiger partial charge is 0.283 e. The second-order valence-corrected chi connectivity index (χ2v) is 7.04. The van der Waals surface area contributed by atoms with Crippen molar-refractivity contribution in [3.63, 3.8) is 0 Å². The minimum atomic E-state index is -0.175. The lowest BCUT2D eigenvalue weighted by Gasteiger charge is -2.39. The quantitative estimate of drug-likeness (QED) is 0.555. The van der Waals surface area contributed by atoms with E-state index in [9.17, 15) is 9.59 Å². The molecule has 5 rings (SSSR count). The number of fused-ring (bicyclic) bond motifs is 2. The molecule has 0 atom stereocenters. The molecule has 0 spiro atoms. The van der Waals surface area contributed by atoms with Gasteiger partial charge in [-0.25, -0.2) is 4.98 Å². The second-order valence-electron chi connectivity index (χ2n) is 7.04.